The maximum Gasteiger partial charge on any atom is 0.119 e. The highest BCUT2D eigenvalue weighted by Gasteiger charge is 2.21. The molecule has 1 heteroatoms. The molecular weight excluding hydrogens is 400 g/mol. The van der Waals surface area contributed by atoms with Crippen LogP contribution in [0.5, 0.6) is 5.75 Å². The van der Waals surface area contributed by atoms with Gasteiger partial charge in [-0.2, -0.15) is 0 Å². The van der Waals surface area contributed by atoms with Gasteiger partial charge in [0.15, 0.2) is 0 Å². The predicted molar refractivity (Wildman–Crippen MR) is 140 cm³/mol. The van der Waals surface area contributed by atoms with Crippen LogP contribution in [0.4, 0.5) is 0 Å². The van der Waals surface area contributed by atoms with Crippen LogP contribution in [-0.4, -0.2) is 6.61 Å². The van der Waals surface area contributed by atoms with Crippen LogP contribution in [0.1, 0.15) is 81.4 Å². The third-order valence-corrected chi connectivity index (χ3v) is 6.82. The van der Waals surface area contributed by atoms with Crippen molar-refractivity contribution in [1.29, 1.82) is 0 Å². The Balaban J connectivity index is 1.34. The minimum atomic E-state index is 0.736. The summed E-state index contributed by atoms with van der Waals surface area (Å²) in [5.41, 5.74) is 6.01. The fraction of sp³-hybridized carbons (Fsp3) is 0.375. The molecule has 0 heterocycles. The molecule has 0 N–H and O–H groups in total. The molecule has 0 aromatic heterocycles. The van der Waals surface area contributed by atoms with Crippen LogP contribution in [0.25, 0.3) is 11.1 Å². The van der Waals surface area contributed by atoms with Crippen LogP contribution < -0.4 is 4.74 Å². The third-order valence-electron chi connectivity index (χ3n) is 6.82. The lowest BCUT2D eigenvalue weighted by Gasteiger charge is -2.28. The Kier molecular flexibility index (Phi) is 8.26. The lowest BCUT2D eigenvalue weighted by molar-refractivity contribution is 0.308. The molecule has 0 unspecified atom stereocenters. The highest BCUT2D eigenvalue weighted by atomic mass is 16.5. The minimum Gasteiger partial charge on any atom is -0.494 e. The van der Waals surface area contributed by atoms with Crippen molar-refractivity contribution in [3.63, 3.8) is 0 Å². The zero-order valence-corrected chi connectivity index (χ0v) is 20.1. The van der Waals surface area contributed by atoms with E-state index >= 15 is 0 Å². The largest absolute Gasteiger partial charge is 0.494 e. The molecule has 33 heavy (non-hydrogen) atoms. The molecule has 3 aromatic carbocycles. The summed E-state index contributed by atoms with van der Waals surface area (Å²) in [6.07, 6.45) is 9.23. The lowest BCUT2D eigenvalue weighted by Crippen LogP contribution is -2.13. The Labute approximate surface area is 200 Å². The number of hydrogen-bond donors (Lipinski definition) is 0. The molecule has 0 radical (unpaired) electrons. The van der Waals surface area contributed by atoms with Crippen LogP contribution >= 0.6 is 0 Å². The van der Waals surface area contributed by atoms with Crippen molar-refractivity contribution in [2.24, 2.45) is 5.92 Å². The summed E-state index contributed by atoms with van der Waals surface area (Å²) in [5, 5.41) is 0. The second-order valence-corrected chi connectivity index (χ2v) is 9.33. The Morgan fingerprint density at radius 1 is 0.667 bits per heavy atom. The highest BCUT2D eigenvalue weighted by Crippen LogP contribution is 2.37. The van der Waals surface area contributed by atoms with Gasteiger partial charge in [0, 0.05) is 11.1 Å². The van der Waals surface area contributed by atoms with E-state index in [-0.39, 0.29) is 0 Å². The third kappa shape index (κ3) is 6.52. The van der Waals surface area contributed by atoms with E-state index in [1.165, 1.54) is 55.2 Å². The first-order chi connectivity index (χ1) is 16.2. The summed E-state index contributed by atoms with van der Waals surface area (Å²) in [5.74, 6) is 9.28. The van der Waals surface area contributed by atoms with E-state index in [9.17, 15) is 0 Å². The van der Waals surface area contributed by atoms with Crippen molar-refractivity contribution in [2.75, 3.05) is 6.61 Å². The van der Waals surface area contributed by atoms with E-state index in [4.69, 9.17) is 4.74 Å². The van der Waals surface area contributed by atoms with Gasteiger partial charge in [0.25, 0.3) is 0 Å². The van der Waals surface area contributed by atoms with Gasteiger partial charge in [0.05, 0.1) is 6.61 Å². The molecule has 170 valence electrons. The van der Waals surface area contributed by atoms with E-state index in [1.54, 1.807) is 0 Å². The smallest absolute Gasteiger partial charge is 0.119 e. The van der Waals surface area contributed by atoms with Gasteiger partial charge in [0.2, 0.25) is 0 Å². The number of ether oxygens (including phenoxy) is 1. The summed E-state index contributed by atoms with van der Waals surface area (Å²) in [6.45, 7) is 5.19. The Morgan fingerprint density at radius 2 is 1.21 bits per heavy atom. The van der Waals surface area contributed by atoms with Gasteiger partial charge in [-0.3, -0.25) is 0 Å². The number of benzene rings is 3. The van der Waals surface area contributed by atoms with Gasteiger partial charge in [0.1, 0.15) is 5.75 Å². The first-order valence-electron chi connectivity index (χ1n) is 12.7. The SMILES string of the molecule is CCCOc1ccc(-c2ccc(C#Cc3ccc(C4CCC(CCC)CC4)cc3)cc2)cc1. The van der Waals surface area contributed by atoms with Crippen LogP contribution in [0, 0.1) is 17.8 Å². The molecule has 1 aliphatic rings. The molecule has 0 bridgehead atoms. The Morgan fingerprint density at radius 3 is 1.76 bits per heavy atom. The number of hydrogen-bond acceptors (Lipinski definition) is 1. The van der Waals surface area contributed by atoms with Gasteiger partial charge in [-0.15, -0.1) is 0 Å². The maximum absolute atomic E-state index is 5.68. The second-order valence-electron chi connectivity index (χ2n) is 9.33. The van der Waals surface area contributed by atoms with Crippen molar-refractivity contribution in [3.8, 4) is 28.7 Å². The van der Waals surface area contributed by atoms with Crippen molar-refractivity contribution in [3.05, 3.63) is 89.5 Å². The van der Waals surface area contributed by atoms with Crippen LogP contribution in [0.15, 0.2) is 72.8 Å². The summed E-state index contributed by atoms with van der Waals surface area (Å²) in [4.78, 5) is 0. The fourth-order valence-electron chi connectivity index (χ4n) is 4.89. The topological polar surface area (TPSA) is 9.23 Å². The molecule has 0 saturated heterocycles. The van der Waals surface area contributed by atoms with Crippen molar-refractivity contribution >= 4 is 0 Å². The summed E-state index contributed by atoms with van der Waals surface area (Å²) >= 11 is 0. The monoisotopic (exact) mass is 436 g/mol. The Hall–Kier alpha value is -2.98. The Bertz CT molecular complexity index is 1040. The van der Waals surface area contributed by atoms with E-state index in [0.717, 1.165) is 41.7 Å². The molecular formula is C32H36O. The molecule has 3 aromatic rings. The molecule has 0 aliphatic heterocycles. The normalized spacial score (nSPS) is 17.8. The average Bonchev–Trinajstić information content (AvgIpc) is 2.88. The molecule has 1 fully saturated rings. The van der Waals surface area contributed by atoms with Crippen molar-refractivity contribution in [2.45, 2.75) is 64.7 Å². The maximum atomic E-state index is 5.68. The van der Waals surface area contributed by atoms with Crippen LogP contribution in [0.2, 0.25) is 0 Å². The zero-order valence-electron chi connectivity index (χ0n) is 20.1. The van der Waals surface area contributed by atoms with Gasteiger partial charge in [-0.05, 0) is 97.0 Å². The van der Waals surface area contributed by atoms with Crippen LogP contribution in [-0.2, 0) is 0 Å². The molecule has 1 saturated carbocycles. The fourth-order valence-corrected chi connectivity index (χ4v) is 4.89. The van der Waals surface area contributed by atoms with E-state index < -0.39 is 0 Å². The standard InChI is InChI=1S/C32H36O/c1-3-5-25-8-14-28(15-9-25)29-16-10-26(11-17-29)6-7-27-12-18-30(19-13-27)31-20-22-32(23-21-31)33-24-4-2/h10-13,16-23,25,28H,3-5,8-9,14-15,24H2,1-2H3. The molecule has 4 rings (SSSR count). The molecule has 1 aliphatic carbocycles. The first-order valence-corrected chi connectivity index (χ1v) is 12.7. The number of rotatable bonds is 7. The average molecular weight is 437 g/mol. The van der Waals surface area contributed by atoms with E-state index in [1.807, 2.05) is 12.1 Å². The molecule has 0 amide bonds. The van der Waals surface area contributed by atoms with Crippen LogP contribution in [0.3, 0.4) is 0 Å². The van der Waals surface area contributed by atoms with Gasteiger partial charge in [-0.25, -0.2) is 0 Å². The predicted octanol–water partition coefficient (Wildman–Crippen LogP) is 8.62. The molecule has 0 atom stereocenters. The van der Waals surface area contributed by atoms with E-state index in [2.05, 4.69) is 86.4 Å². The zero-order chi connectivity index (χ0) is 22.9. The minimum absolute atomic E-state index is 0.736. The molecule has 1 nitrogen and oxygen atoms in total. The van der Waals surface area contributed by atoms with Gasteiger partial charge in [-0.1, -0.05) is 74.9 Å². The summed E-state index contributed by atoms with van der Waals surface area (Å²) in [7, 11) is 0. The quantitative estimate of drug-likeness (QED) is 0.337. The highest BCUT2D eigenvalue weighted by molar-refractivity contribution is 5.65. The van der Waals surface area contributed by atoms with Crippen molar-refractivity contribution in [1.82, 2.24) is 0 Å². The lowest BCUT2D eigenvalue weighted by atomic mass is 9.77. The van der Waals surface area contributed by atoms with Crippen molar-refractivity contribution < 1.29 is 4.74 Å². The molecule has 0 spiro atoms. The van der Waals surface area contributed by atoms with Gasteiger partial charge >= 0.3 is 0 Å². The summed E-state index contributed by atoms with van der Waals surface area (Å²) < 4.78 is 5.68. The second kappa shape index (κ2) is 11.8. The first kappa shape index (κ1) is 23.2. The summed E-state index contributed by atoms with van der Waals surface area (Å²) in [6, 6.07) is 25.8. The van der Waals surface area contributed by atoms with E-state index in [0.29, 0.717) is 0 Å². The van der Waals surface area contributed by atoms with Gasteiger partial charge < -0.3 is 4.74 Å².